The van der Waals surface area contributed by atoms with Crippen molar-refractivity contribution in [2.24, 2.45) is 0 Å². The van der Waals surface area contributed by atoms with Crippen molar-refractivity contribution in [2.75, 3.05) is 44.5 Å². The van der Waals surface area contributed by atoms with Crippen LogP contribution in [0.2, 0.25) is 0 Å². The topological polar surface area (TPSA) is 134 Å². The van der Waals surface area contributed by atoms with E-state index >= 15 is 0 Å². The van der Waals surface area contributed by atoms with Gasteiger partial charge in [0.15, 0.2) is 0 Å². The molecule has 3 amide bonds. The molecule has 3 aromatic carbocycles. The Morgan fingerprint density at radius 2 is 1.48 bits per heavy atom. The first kappa shape index (κ1) is 43.8. The van der Waals surface area contributed by atoms with Crippen molar-refractivity contribution < 1.29 is 33.4 Å². The highest BCUT2D eigenvalue weighted by molar-refractivity contribution is 7.17. The predicted octanol–water partition coefficient (Wildman–Crippen LogP) is 8.11. The van der Waals surface area contributed by atoms with Crippen molar-refractivity contribution in [3.05, 3.63) is 117 Å². The van der Waals surface area contributed by atoms with Gasteiger partial charge in [-0.3, -0.25) is 24.1 Å². The zero-order valence-corrected chi connectivity index (χ0v) is 35.2. The Morgan fingerprint density at radius 1 is 0.793 bits per heavy atom. The van der Waals surface area contributed by atoms with E-state index < -0.39 is 0 Å². The molecule has 1 aromatic heterocycles. The van der Waals surface area contributed by atoms with E-state index in [0.717, 1.165) is 72.1 Å². The zero-order valence-electron chi connectivity index (χ0n) is 34.4. The van der Waals surface area contributed by atoms with Gasteiger partial charge in [0.2, 0.25) is 5.91 Å². The van der Waals surface area contributed by atoms with Gasteiger partial charge in [-0.2, -0.15) is 0 Å². The molecule has 0 bridgehead atoms. The molecular formula is C46H56N4O7S. The number of amides is 3. The number of carbonyl (C=O) groups is 5. The number of rotatable bonds is 19. The molecule has 1 atom stereocenters. The minimum Gasteiger partial charge on any atom is -0.466 e. The van der Waals surface area contributed by atoms with Gasteiger partial charge in [-0.15, -0.1) is 11.3 Å². The molecule has 12 heteroatoms. The number of ether oxygens (including phenoxy) is 2. The molecule has 11 nitrogen and oxygen atoms in total. The maximum absolute atomic E-state index is 14.0. The van der Waals surface area contributed by atoms with Crippen LogP contribution >= 0.6 is 11.3 Å². The summed E-state index contributed by atoms with van der Waals surface area (Å²) in [6.45, 7) is 8.03. The second-order valence-electron chi connectivity index (χ2n) is 14.8. The molecule has 0 fully saturated rings. The lowest BCUT2D eigenvalue weighted by molar-refractivity contribution is -0.145. The average Bonchev–Trinajstić information content (AvgIpc) is 3.61. The van der Waals surface area contributed by atoms with Gasteiger partial charge in [-0.05, 0) is 117 Å². The average molecular weight is 809 g/mol. The maximum Gasteiger partial charge on any atom is 0.337 e. The van der Waals surface area contributed by atoms with Crippen molar-refractivity contribution in [1.29, 1.82) is 0 Å². The lowest BCUT2D eigenvalue weighted by atomic mass is 9.95. The van der Waals surface area contributed by atoms with E-state index in [2.05, 4.69) is 29.4 Å². The Morgan fingerprint density at radius 3 is 2.16 bits per heavy atom. The number of esters is 2. The Kier molecular flexibility index (Phi) is 16.2. The van der Waals surface area contributed by atoms with Crippen LogP contribution in [0.3, 0.4) is 0 Å². The third-order valence-corrected chi connectivity index (χ3v) is 11.9. The molecule has 2 N–H and O–H groups in total. The third-order valence-electron chi connectivity index (χ3n) is 10.7. The number of hydrogen-bond donors (Lipinski definition) is 2. The predicted molar refractivity (Wildman–Crippen MR) is 229 cm³/mol. The number of nitrogens with one attached hydrogen (secondary N) is 2. The molecule has 1 aliphatic carbocycles. The van der Waals surface area contributed by atoms with Gasteiger partial charge < -0.3 is 25.0 Å². The van der Waals surface area contributed by atoms with E-state index in [0.29, 0.717) is 53.6 Å². The minimum atomic E-state index is -0.370. The fourth-order valence-electron chi connectivity index (χ4n) is 7.03. The van der Waals surface area contributed by atoms with Crippen LogP contribution in [-0.2, 0) is 51.3 Å². The van der Waals surface area contributed by atoms with Crippen molar-refractivity contribution >= 4 is 51.7 Å². The zero-order chi connectivity index (χ0) is 41.6. The largest absolute Gasteiger partial charge is 0.466 e. The number of anilines is 2. The maximum atomic E-state index is 14.0. The molecule has 0 saturated heterocycles. The SMILES string of the molecule is CCOC(=O)CCC(=O)N(C)CCN(Cc1cccc(C(=O)Nc2sc3c(c2C(=O)Nc2ccc(CCc4ccc(C(=O)OC)cc4)cc2)CCCC3)c1)[C@@H](C)CC. The van der Waals surface area contributed by atoms with Crippen LogP contribution in [0.25, 0.3) is 0 Å². The van der Waals surface area contributed by atoms with Crippen LogP contribution in [0.4, 0.5) is 10.7 Å². The summed E-state index contributed by atoms with van der Waals surface area (Å²) in [5.74, 6) is -1.35. The van der Waals surface area contributed by atoms with Crippen molar-refractivity contribution in [1.82, 2.24) is 9.80 Å². The summed E-state index contributed by atoms with van der Waals surface area (Å²) in [6.07, 6.45) is 6.39. The number of benzene rings is 3. The summed E-state index contributed by atoms with van der Waals surface area (Å²) in [4.78, 5) is 69.0. The molecule has 0 aliphatic heterocycles. The van der Waals surface area contributed by atoms with Crippen LogP contribution in [0.1, 0.15) is 111 Å². The van der Waals surface area contributed by atoms with Gasteiger partial charge in [0.05, 0.1) is 31.3 Å². The van der Waals surface area contributed by atoms with Gasteiger partial charge >= 0.3 is 11.9 Å². The van der Waals surface area contributed by atoms with Gasteiger partial charge in [-0.25, -0.2) is 4.79 Å². The second kappa shape index (κ2) is 21.4. The molecule has 0 unspecified atom stereocenters. The number of thiophene rings is 1. The van der Waals surface area contributed by atoms with Crippen molar-refractivity contribution in [3.63, 3.8) is 0 Å². The van der Waals surface area contributed by atoms with Crippen molar-refractivity contribution in [2.45, 2.75) is 91.1 Å². The molecule has 0 saturated carbocycles. The summed E-state index contributed by atoms with van der Waals surface area (Å²) in [5, 5.41) is 6.75. The second-order valence-corrected chi connectivity index (χ2v) is 15.9. The molecule has 58 heavy (non-hydrogen) atoms. The Hall–Kier alpha value is -5.33. The highest BCUT2D eigenvalue weighted by atomic mass is 32.1. The number of hydrogen-bond acceptors (Lipinski definition) is 9. The standard InChI is InChI=1S/C46H56N4O7S/c1-6-31(3)50(28-27-49(4)40(51)25-26-41(52)57-7-2)30-34-11-10-12-36(29-34)43(53)48-45-42(38-13-8-9-14-39(38)58-45)44(54)47-37-23-19-33(20-24-37)16-15-32-17-21-35(22-18-32)46(55)56-5/h10-12,17-24,29,31H,6-9,13-16,25-28,30H2,1-5H3,(H,47,54)(H,48,53)/t31-/m0/s1. The number of likely N-dealkylation sites (N-methyl/N-ethyl adjacent to an activating group) is 1. The summed E-state index contributed by atoms with van der Waals surface area (Å²) in [6, 6.07) is 23.0. The van der Waals surface area contributed by atoms with Crippen molar-refractivity contribution in [3.8, 4) is 0 Å². The summed E-state index contributed by atoms with van der Waals surface area (Å²) in [5.41, 5.74) is 6.45. The monoisotopic (exact) mass is 808 g/mol. The quantitative estimate of drug-likeness (QED) is 0.0909. The first-order valence-electron chi connectivity index (χ1n) is 20.3. The van der Waals surface area contributed by atoms with Crippen LogP contribution < -0.4 is 10.6 Å². The van der Waals surface area contributed by atoms with Crippen LogP contribution in [0, 0.1) is 0 Å². The lowest BCUT2D eigenvalue weighted by Crippen LogP contribution is -2.40. The van der Waals surface area contributed by atoms with E-state index in [1.54, 1.807) is 37.1 Å². The Labute approximate surface area is 346 Å². The number of nitrogens with zero attached hydrogens (tertiary/aromatic N) is 2. The molecule has 1 heterocycles. The van der Waals surface area contributed by atoms with Crippen LogP contribution in [-0.4, -0.2) is 79.4 Å². The number of carbonyl (C=O) groups excluding carboxylic acids is 5. The summed E-state index contributed by atoms with van der Waals surface area (Å²) in [7, 11) is 3.12. The van der Waals surface area contributed by atoms with E-state index in [1.807, 2.05) is 54.6 Å². The Bertz CT molecular complexity index is 2040. The fraction of sp³-hybridized carbons (Fsp3) is 0.413. The third kappa shape index (κ3) is 12.1. The smallest absolute Gasteiger partial charge is 0.337 e. The highest BCUT2D eigenvalue weighted by Gasteiger charge is 2.27. The molecular weight excluding hydrogens is 753 g/mol. The van der Waals surface area contributed by atoms with Crippen LogP contribution in [0.5, 0.6) is 0 Å². The van der Waals surface area contributed by atoms with Gasteiger partial charge in [-0.1, -0.05) is 43.3 Å². The molecule has 5 rings (SSSR count). The number of aryl methyl sites for hydroxylation is 3. The summed E-state index contributed by atoms with van der Waals surface area (Å²) < 4.78 is 9.74. The first-order chi connectivity index (χ1) is 28.0. The minimum absolute atomic E-state index is 0.0651. The van der Waals surface area contributed by atoms with E-state index in [1.165, 1.54) is 18.4 Å². The highest BCUT2D eigenvalue weighted by Crippen LogP contribution is 2.39. The van der Waals surface area contributed by atoms with E-state index in [-0.39, 0.29) is 48.5 Å². The molecule has 4 aromatic rings. The Balaban J connectivity index is 1.22. The molecule has 0 spiro atoms. The molecule has 0 radical (unpaired) electrons. The van der Waals surface area contributed by atoms with E-state index in [9.17, 15) is 24.0 Å². The van der Waals surface area contributed by atoms with Gasteiger partial charge in [0.1, 0.15) is 5.00 Å². The fourth-order valence-corrected chi connectivity index (χ4v) is 8.31. The van der Waals surface area contributed by atoms with E-state index in [4.69, 9.17) is 9.47 Å². The lowest BCUT2D eigenvalue weighted by Gasteiger charge is -2.30. The molecule has 1 aliphatic rings. The normalized spacial score (nSPS) is 12.7. The number of fused-ring (bicyclic) bond motifs is 1. The first-order valence-corrected chi connectivity index (χ1v) is 21.1. The molecule has 308 valence electrons. The summed E-state index contributed by atoms with van der Waals surface area (Å²) >= 11 is 1.49. The number of methoxy groups -OCH3 is 1. The van der Waals surface area contributed by atoms with Gasteiger partial charge in [0.25, 0.3) is 11.8 Å². The van der Waals surface area contributed by atoms with Gasteiger partial charge in [0, 0.05) is 55.3 Å². The van der Waals surface area contributed by atoms with Crippen LogP contribution in [0.15, 0.2) is 72.8 Å².